The van der Waals surface area contributed by atoms with Gasteiger partial charge in [0.2, 0.25) is 0 Å². The van der Waals surface area contributed by atoms with Gasteiger partial charge in [-0.3, -0.25) is 0 Å². The zero-order valence-electron chi connectivity index (χ0n) is 12.6. The fourth-order valence-corrected chi connectivity index (χ4v) is 2.04. The Balaban J connectivity index is 3.18. The smallest absolute Gasteiger partial charge is 0.337 e. The zero-order valence-corrected chi connectivity index (χ0v) is 12.6. The molecule has 0 saturated heterocycles. The van der Waals surface area contributed by atoms with Gasteiger partial charge in [-0.2, -0.15) is 0 Å². The quantitative estimate of drug-likeness (QED) is 0.616. The summed E-state index contributed by atoms with van der Waals surface area (Å²) in [5, 5.41) is 0. The van der Waals surface area contributed by atoms with Crippen LogP contribution in [0.3, 0.4) is 0 Å². The lowest BCUT2D eigenvalue weighted by Gasteiger charge is -2.23. The maximum Gasteiger partial charge on any atom is 0.337 e. The van der Waals surface area contributed by atoms with Gasteiger partial charge in [0.05, 0.1) is 12.7 Å². The van der Waals surface area contributed by atoms with E-state index in [-0.39, 0.29) is 5.60 Å². The van der Waals surface area contributed by atoms with Crippen molar-refractivity contribution in [1.29, 1.82) is 0 Å². The third kappa shape index (κ3) is 3.85. The second kappa shape index (κ2) is 5.47. The fourth-order valence-electron chi connectivity index (χ4n) is 2.04. The molecule has 3 heteroatoms. The molecular weight excluding hydrogens is 240 g/mol. The fraction of sp³-hybridized carbons (Fsp3) is 0.438. The molecule has 0 aliphatic heterocycles. The predicted octanol–water partition coefficient (Wildman–Crippen LogP) is 3.67. The molecule has 0 N–H and O–H groups in total. The first-order valence-electron chi connectivity index (χ1n) is 6.23. The molecular formula is C16H22O3. The Hall–Kier alpha value is -1.77. The van der Waals surface area contributed by atoms with Crippen LogP contribution >= 0.6 is 0 Å². The Labute approximate surface area is 115 Å². The van der Waals surface area contributed by atoms with Gasteiger partial charge in [-0.15, -0.1) is 0 Å². The van der Waals surface area contributed by atoms with Gasteiger partial charge in [0.1, 0.15) is 11.4 Å². The van der Waals surface area contributed by atoms with Crippen molar-refractivity contribution in [1.82, 2.24) is 0 Å². The van der Waals surface area contributed by atoms with Gasteiger partial charge in [0.15, 0.2) is 0 Å². The molecule has 0 atom stereocenters. The highest BCUT2D eigenvalue weighted by molar-refractivity contribution is 6.16. The topological polar surface area (TPSA) is 35.5 Å². The number of ether oxygens (including phenoxy) is 2. The van der Waals surface area contributed by atoms with E-state index in [1.165, 1.54) is 7.11 Å². The molecule has 0 unspecified atom stereocenters. The molecule has 0 fully saturated rings. The first-order chi connectivity index (χ1) is 8.65. The molecule has 19 heavy (non-hydrogen) atoms. The summed E-state index contributed by atoms with van der Waals surface area (Å²) in [6.45, 7) is 13.7. The summed E-state index contributed by atoms with van der Waals surface area (Å²) in [5.74, 6) is 0.389. The van der Waals surface area contributed by atoms with E-state index in [1.54, 1.807) is 0 Å². The molecule has 0 spiro atoms. The summed E-state index contributed by atoms with van der Waals surface area (Å²) in [4.78, 5) is 11.6. The van der Waals surface area contributed by atoms with Crippen molar-refractivity contribution >= 4 is 11.5 Å². The molecule has 0 aliphatic rings. The van der Waals surface area contributed by atoms with Crippen LogP contribution in [-0.4, -0.2) is 18.7 Å². The molecule has 1 aromatic rings. The molecule has 0 heterocycles. The van der Waals surface area contributed by atoms with E-state index in [0.29, 0.717) is 5.57 Å². The van der Waals surface area contributed by atoms with Crippen molar-refractivity contribution in [2.24, 2.45) is 0 Å². The van der Waals surface area contributed by atoms with Gasteiger partial charge in [0.25, 0.3) is 0 Å². The van der Waals surface area contributed by atoms with E-state index >= 15 is 0 Å². The highest BCUT2D eigenvalue weighted by Gasteiger charge is 2.18. The van der Waals surface area contributed by atoms with Crippen LogP contribution in [0.15, 0.2) is 18.7 Å². The Morgan fingerprint density at radius 2 is 1.63 bits per heavy atom. The largest absolute Gasteiger partial charge is 0.488 e. The molecule has 1 aromatic carbocycles. The highest BCUT2D eigenvalue weighted by atomic mass is 16.5. The summed E-state index contributed by atoms with van der Waals surface area (Å²) in [5.41, 5.74) is 2.86. The first-order valence-corrected chi connectivity index (χ1v) is 6.23. The third-order valence-electron chi connectivity index (χ3n) is 2.66. The molecule has 0 aliphatic carbocycles. The number of methoxy groups -OCH3 is 1. The van der Waals surface area contributed by atoms with Gasteiger partial charge >= 0.3 is 5.97 Å². The highest BCUT2D eigenvalue weighted by Crippen LogP contribution is 2.29. The van der Waals surface area contributed by atoms with Gasteiger partial charge in [0, 0.05) is 0 Å². The SMILES string of the molecule is C=C(C(=O)OC)c1c(C)cc(OC(C)(C)C)cc1C. The Bertz CT molecular complexity index is 484. The van der Waals surface area contributed by atoms with Crippen molar-refractivity contribution < 1.29 is 14.3 Å². The lowest BCUT2D eigenvalue weighted by atomic mass is 9.96. The Morgan fingerprint density at radius 3 is 2.00 bits per heavy atom. The minimum Gasteiger partial charge on any atom is -0.488 e. The van der Waals surface area contributed by atoms with Crippen LogP contribution in [0.4, 0.5) is 0 Å². The number of hydrogen-bond donors (Lipinski definition) is 0. The van der Waals surface area contributed by atoms with Gasteiger partial charge < -0.3 is 9.47 Å². The predicted molar refractivity (Wildman–Crippen MR) is 77.3 cm³/mol. The molecule has 104 valence electrons. The molecule has 0 amide bonds. The van der Waals surface area contributed by atoms with Crippen molar-refractivity contribution in [2.45, 2.75) is 40.2 Å². The average Bonchev–Trinajstić information content (AvgIpc) is 2.24. The molecule has 0 bridgehead atoms. The van der Waals surface area contributed by atoms with Crippen LogP contribution in [0, 0.1) is 13.8 Å². The normalized spacial score (nSPS) is 11.1. The first kappa shape index (κ1) is 15.3. The molecule has 1 rings (SSSR count). The maximum absolute atomic E-state index is 11.6. The summed E-state index contributed by atoms with van der Waals surface area (Å²) >= 11 is 0. The maximum atomic E-state index is 11.6. The molecule has 3 nitrogen and oxygen atoms in total. The van der Waals surface area contributed by atoms with E-state index in [4.69, 9.17) is 9.47 Å². The van der Waals surface area contributed by atoms with E-state index in [2.05, 4.69) is 6.58 Å². The van der Waals surface area contributed by atoms with E-state index in [0.717, 1.165) is 22.4 Å². The lowest BCUT2D eigenvalue weighted by Crippen LogP contribution is -2.23. The van der Waals surface area contributed by atoms with Crippen LogP contribution in [0.5, 0.6) is 5.75 Å². The van der Waals surface area contributed by atoms with Gasteiger partial charge in [-0.25, -0.2) is 4.79 Å². The summed E-state index contributed by atoms with van der Waals surface area (Å²) < 4.78 is 10.6. The summed E-state index contributed by atoms with van der Waals surface area (Å²) in [6.07, 6.45) is 0. The Morgan fingerprint density at radius 1 is 1.16 bits per heavy atom. The van der Waals surface area contributed by atoms with Gasteiger partial charge in [-0.1, -0.05) is 6.58 Å². The van der Waals surface area contributed by atoms with E-state index in [9.17, 15) is 4.79 Å². The summed E-state index contributed by atoms with van der Waals surface area (Å²) in [7, 11) is 1.36. The number of esters is 1. The monoisotopic (exact) mass is 262 g/mol. The molecule has 0 radical (unpaired) electrons. The van der Waals surface area contributed by atoms with Crippen LogP contribution in [0.2, 0.25) is 0 Å². The lowest BCUT2D eigenvalue weighted by molar-refractivity contribution is -0.133. The molecule has 0 saturated carbocycles. The number of benzene rings is 1. The van der Waals surface area contributed by atoms with Gasteiger partial charge in [-0.05, 0) is 63.4 Å². The van der Waals surface area contributed by atoms with Crippen LogP contribution < -0.4 is 4.74 Å². The summed E-state index contributed by atoms with van der Waals surface area (Å²) in [6, 6.07) is 3.84. The second-order valence-corrected chi connectivity index (χ2v) is 5.62. The standard InChI is InChI=1S/C16H22O3/c1-10-8-13(19-16(4,5)6)9-11(2)14(10)12(3)15(17)18-7/h8-9H,3H2,1-2,4-7H3. The van der Waals surface area contributed by atoms with Crippen molar-refractivity contribution in [3.05, 3.63) is 35.4 Å². The molecule has 0 aromatic heterocycles. The van der Waals surface area contributed by atoms with Crippen LogP contribution in [0.25, 0.3) is 5.57 Å². The second-order valence-electron chi connectivity index (χ2n) is 5.62. The minimum absolute atomic E-state index is 0.250. The zero-order chi connectivity index (χ0) is 14.8. The van der Waals surface area contributed by atoms with Crippen molar-refractivity contribution in [2.75, 3.05) is 7.11 Å². The van der Waals surface area contributed by atoms with E-state index < -0.39 is 5.97 Å². The minimum atomic E-state index is -0.407. The average molecular weight is 262 g/mol. The number of carbonyl (C=O) groups is 1. The van der Waals surface area contributed by atoms with Crippen LogP contribution in [0.1, 0.15) is 37.5 Å². The number of rotatable bonds is 3. The van der Waals surface area contributed by atoms with Crippen molar-refractivity contribution in [3.8, 4) is 5.75 Å². The van der Waals surface area contributed by atoms with Crippen LogP contribution in [-0.2, 0) is 9.53 Å². The number of aryl methyl sites for hydroxylation is 2. The third-order valence-corrected chi connectivity index (χ3v) is 2.66. The number of hydrogen-bond acceptors (Lipinski definition) is 3. The van der Waals surface area contributed by atoms with E-state index in [1.807, 2.05) is 46.8 Å². The van der Waals surface area contributed by atoms with Crippen molar-refractivity contribution in [3.63, 3.8) is 0 Å². The Kier molecular flexibility index (Phi) is 4.40. The number of carbonyl (C=O) groups excluding carboxylic acids is 1.